The van der Waals surface area contributed by atoms with E-state index in [2.05, 4.69) is 10.1 Å². The molecule has 0 fully saturated rings. The molecule has 0 aliphatic rings. The van der Waals surface area contributed by atoms with Crippen molar-refractivity contribution in [1.82, 2.24) is 9.55 Å². The van der Waals surface area contributed by atoms with Crippen molar-refractivity contribution in [2.24, 2.45) is 16.8 Å². The van der Waals surface area contributed by atoms with Crippen LogP contribution in [0, 0.1) is 5.92 Å². The largest absolute Gasteiger partial charge is 0.409 e. The fourth-order valence-electron chi connectivity index (χ4n) is 1.31. The first kappa shape index (κ1) is 10.6. The van der Waals surface area contributed by atoms with E-state index in [0.717, 1.165) is 12.2 Å². The van der Waals surface area contributed by atoms with Gasteiger partial charge in [-0.1, -0.05) is 19.0 Å². The Hall–Kier alpha value is -1.52. The number of hydrogen-bond acceptors (Lipinski definition) is 3. The summed E-state index contributed by atoms with van der Waals surface area (Å²) in [4.78, 5) is 4.19. The monoisotopic (exact) mass is 196 g/mol. The van der Waals surface area contributed by atoms with Crippen LogP contribution in [-0.2, 0) is 13.0 Å². The zero-order valence-electron chi connectivity index (χ0n) is 8.51. The smallest absolute Gasteiger partial charge is 0.143 e. The van der Waals surface area contributed by atoms with Gasteiger partial charge in [-0.05, 0) is 0 Å². The molecule has 78 valence electrons. The summed E-state index contributed by atoms with van der Waals surface area (Å²) in [5.74, 6) is 1.28. The molecule has 3 N–H and O–H groups in total. The van der Waals surface area contributed by atoms with E-state index < -0.39 is 0 Å². The van der Waals surface area contributed by atoms with Crippen LogP contribution in [0.5, 0.6) is 0 Å². The maximum atomic E-state index is 8.50. The molecule has 0 aliphatic heterocycles. The predicted octanol–water partition coefficient (Wildman–Crippen LogP) is 0.828. The highest BCUT2D eigenvalue weighted by Gasteiger charge is 2.10. The minimum atomic E-state index is 0.0134. The number of rotatable bonds is 4. The van der Waals surface area contributed by atoms with Crippen molar-refractivity contribution < 1.29 is 5.21 Å². The average molecular weight is 196 g/mol. The van der Waals surface area contributed by atoms with E-state index in [-0.39, 0.29) is 11.8 Å². The average Bonchev–Trinajstić information content (AvgIpc) is 2.63. The Morgan fingerprint density at radius 2 is 2.50 bits per heavy atom. The third-order valence-corrected chi connectivity index (χ3v) is 2.21. The Kier molecular flexibility index (Phi) is 3.50. The molecular weight excluding hydrogens is 180 g/mol. The molecule has 5 nitrogen and oxygen atoms in total. The van der Waals surface area contributed by atoms with Crippen LogP contribution in [0.4, 0.5) is 0 Å². The van der Waals surface area contributed by atoms with Gasteiger partial charge in [0.2, 0.25) is 0 Å². The molecule has 0 amide bonds. The Morgan fingerprint density at radius 1 is 1.79 bits per heavy atom. The number of aryl methyl sites for hydroxylation is 1. The summed E-state index contributed by atoms with van der Waals surface area (Å²) in [6, 6.07) is 0. The predicted molar refractivity (Wildman–Crippen MR) is 54.2 cm³/mol. The van der Waals surface area contributed by atoms with Crippen LogP contribution in [0.1, 0.15) is 19.7 Å². The van der Waals surface area contributed by atoms with Gasteiger partial charge in [-0.15, -0.1) is 0 Å². The lowest BCUT2D eigenvalue weighted by atomic mass is 10.1. The second kappa shape index (κ2) is 4.64. The molecule has 14 heavy (non-hydrogen) atoms. The number of imidazole rings is 1. The van der Waals surface area contributed by atoms with Gasteiger partial charge in [-0.25, -0.2) is 4.98 Å². The number of oxime groups is 1. The highest BCUT2D eigenvalue weighted by molar-refractivity contribution is 5.81. The van der Waals surface area contributed by atoms with Crippen molar-refractivity contribution in [2.45, 2.75) is 26.8 Å². The van der Waals surface area contributed by atoms with Crippen LogP contribution in [0.2, 0.25) is 0 Å². The van der Waals surface area contributed by atoms with Crippen LogP contribution >= 0.6 is 0 Å². The van der Waals surface area contributed by atoms with E-state index in [9.17, 15) is 0 Å². The van der Waals surface area contributed by atoms with Gasteiger partial charge in [0, 0.05) is 31.3 Å². The van der Waals surface area contributed by atoms with E-state index in [0.29, 0.717) is 6.54 Å². The molecule has 0 saturated carbocycles. The maximum absolute atomic E-state index is 8.50. The van der Waals surface area contributed by atoms with Gasteiger partial charge in [0.25, 0.3) is 0 Å². The van der Waals surface area contributed by atoms with Gasteiger partial charge in [-0.2, -0.15) is 0 Å². The molecule has 0 bridgehead atoms. The number of hydrogen-bond donors (Lipinski definition) is 2. The molecule has 1 atom stereocenters. The van der Waals surface area contributed by atoms with E-state index in [1.54, 1.807) is 6.20 Å². The summed E-state index contributed by atoms with van der Waals surface area (Å²) >= 11 is 0. The summed E-state index contributed by atoms with van der Waals surface area (Å²) in [6.45, 7) is 4.65. The van der Waals surface area contributed by atoms with Gasteiger partial charge in [0.15, 0.2) is 0 Å². The third kappa shape index (κ3) is 2.25. The van der Waals surface area contributed by atoms with E-state index in [1.165, 1.54) is 0 Å². The first-order chi connectivity index (χ1) is 6.69. The highest BCUT2D eigenvalue weighted by atomic mass is 16.4. The van der Waals surface area contributed by atoms with Crippen LogP contribution in [0.25, 0.3) is 0 Å². The van der Waals surface area contributed by atoms with Crippen LogP contribution < -0.4 is 5.73 Å². The van der Waals surface area contributed by atoms with Crippen LogP contribution in [0.3, 0.4) is 0 Å². The lowest BCUT2D eigenvalue weighted by Gasteiger charge is -2.12. The first-order valence-corrected chi connectivity index (χ1v) is 4.66. The Morgan fingerprint density at radius 3 is 3.07 bits per heavy atom. The van der Waals surface area contributed by atoms with Gasteiger partial charge in [0.05, 0.1) is 0 Å². The van der Waals surface area contributed by atoms with Gasteiger partial charge in [0.1, 0.15) is 11.7 Å². The van der Waals surface area contributed by atoms with Gasteiger partial charge >= 0.3 is 0 Å². The summed E-state index contributed by atoms with van der Waals surface area (Å²) in [7, 11) is 0. The zero-order chi connectivity index (χ0) is 10.6. The quantitative estimate of drug-likeness (QED) is 0.324. The fourth-order valence-corrected chi connectivity index (χ4v) is 1.31. The molecule has 1 aromatic heterocycles. The molecule has 0 aliphatic carbocycles. The number of nitrogens with two attached hydrogens (primary N) is 1. The van der Waals surface area contributed by atoms with Crippen molar-refractivity contribution in [3.63, 3.8) is 0 Å². The summed E-state index contributed by atoms with van der Waals surface area (Å²) in [5, 5.41) is 11.5. The standard InChI is InChI=1S/C9H16N4O/c1-3-8-11-4-5-13(8)6-7(2)9(10)12-14/h4-5,7,14H,3,6H2,1-2H3,(H2,10,12). The first-order valence-electron chi connectivity index (χ1n) is 4.66. The molecule has 1 unspecified atom stereocenters. The zero-order valence-corrected chi connectivity index (χ0v) is 8.51. The second-order valence-corrected chi connectivity index (χ2v) is 3.28. The number of nitrogens with zero attached hydrogens (tertiary/aromatic N) is 3. The van der Waals surface area contributed by atoms with Crippen molar-refractivity contribution in [1.29, 1.82) is 0 Å². The molecule has 1 aromatic rings. The number of aromatic nitrogens is 2. The van der Waals surface area contributed by atoms with Gasteiger partial charge < -0.3 is 15.5 Å². The minimum Gasteiger partial charge on any atom is -0.409 e. The molecule has 0 aromatic carbocycles. The van der Waals surface area contributed by atoms with E-state index >= 15 is 0 Å². The maximum Gasteiger partial charge on any atom is 0.143 e. The van der Waals surface area contributed by atoms with Gasteiger partial charge in [-0.3, -0.25) is 0 Å². The summed E-state index contributed by atoms with van der Waals surface area (Å²) in [5.41, 5.74) is 5.49. The second-order valence-electron chi connectivity index (χ2n) is 3.28. The molecule has 5 heteroatoms. The Balaban J connectivity index is 2.69. The Bertz CT molecular complexity index is 318. The van der Waals surface area contributed by atoms with Crippen molar-refractivity contribution >= 4 is 5.84 Å². The molecule has 0 saturated heterocycles. The number of amidine groups is 1. The molecule has 1 heterocycles. The normalized spacial score (nSPS) is 14.3. The van der Waals surface area contributed by atoms with Crippen molar-refractivity contribution in [2.75, 3.05) is 0 Å². The molecule has 1 rings (SSSR count). The molecule has 0 spiro atoms. The molecular formula is C9H16N4O. The SMILES string of the molecule is CCc1nccn1CC(C)/C(N)=N/O. The third-order valence-electron chi connectivity index (χ3n) is 2.21. The lowest BCUT2D eigenvalue weighted by Crippen LogP contribution is -2.25. The fraction of sp³-hybridized carbons (Fsp3) is 0.556. The van der Waals surface area contributed by atoms with Crippen molar-refractivity contribution in [3.05, 3.63) is 18.2 Å². The van der Waals surface area contributed by atoms with Crippen LogP contribution in [0.15, 0.2) is 17.5 Å². The van der Waals surface area contributed by atoms with E-state index in [1.807, 2.05) is 24.6 Å². The summed E-state index contributed by atoms with van der Waals surface area (Å²) in [6.07, 6.45) is 4.55. The highest BCUT2D eigenvalue weighted by Crippen LogP contribution is 2.05. The topological polar surface area (TPSA) is 76.4 Å². The molecule has 0 radical (unpaired) electrons. The van der Waals surface area contributed by atoms with E-state index in [4.69, 9.17) is 10.9 Å². The lowest BCUT2D eigenvalue weighted by molar-refractivity contribution is 0.313. The summed E-state index contributed by atoms with van der Waals surface area (Å²) < 4.78 is 2.02. The van der Waals surface area contributed by atoms with Crippen LogP contribution in [-0.4, -0.2) is 20.6 Å². The van der Waals surface area contributed by atoms with Crippen molar-refractivity contribution in [3.8, 4) is 0 Å². The minimum absolute atomic E-state index is 0.0134. The Labute approximate surface area is 83.2 Å².